The Kier molecular flexibility index (Phi) is 9.67. The summed E-state index contributed by atoms with van der Waals surface area (Å²) in [7, 11) is -0.166. The number of hydrogen-bond donors (Lipinski definition) is 0. The van der Waals surface area contributed by atoms with E-state index in [2.05, 4.69) is 6.92 Å². The number of carbonyl (C=O) groups is 1. The third-order valence-electron chi connectivity index (χ3n) is 4.70. The van der Waals surface area contributed by atoms with Crippen molar-refractivity contribution in [2.45, 2.75) is 95.8 Å². The number of hydrogen-bond acceptors (Lipinski definition) is 6. The molecule has 7 heteroatoms. The van der Waals surface area contributed by atoms with Crippen molar-refractivity contribution in [3.05, 3.63) is 0 Å². The molecule has 2 rings (SSSR count). The summed E-state index contributed by atoms with van der Waals surface area (Å²) in [4.78, 5) is 11.1. The molecule has 0 radical (unpaired) electrons. The number of unbranched alkanes of at least 4 members (excludes halogenated alkanes) is 6. The number of thioether (sulfide) groups is 1. The third-order valence-corrected chi connectivity index (χ3v) is 5.93. The average Bonchev–Trinajstić information content (AvgIpc) is 3.15. The molecule has 25 heavy (non-hydrogen) atoms. The Morgan fingerprint density at radius 3 is 2.40 bits per heavy atom. The van der Waals surface area contributed by atoms with Gasteiger partial charge in [-0.25, -0.2) is 0 Å². The van der Waals surface area contributed by atoms with E-state index in [-0.39, 0.29) is 43.4 Å². The molecule has 0 spiro atoms. The van der Waals surface area contributed by atoms with Crippen molar-refractivity contribution >= 4 is 24.8 Å². The van der Waals surface area contributed by atoms with E-state index in [1.165, 1.54) is 51.9 Å². The maximum absolute atomic E-state index is 11.1. The van der Waals surface area contributed by atoms with Crippen LogP contribution < -0.4 is 0 Å². The van der Waals surface area contributed by atoms with E-state index in [0.29, 0.717) is 0 Å². The van der Waals surface area contributed by atoms with Crippen LogP contribution in [-0.2, 0) is 23.6 Å². The van der Waals surface area contributed by atoms with Crippen molar-refractivity contribution in [2.24, 2.45) is 0 Å². The second-order valence-electron chi connectivity index (χ2n) is 6.88. The Bertz CT molecular complexity index is 398. The van der Waals surface area contributed by atoms with Crippen LogP contribution in [0.1, 0.15) is 65.7 Å². The molecule has 0 bridgehead atoms. The summed E-state index contributed by atoms with van der Waals surface area (Å²) in [6.45, 7) is 5.96. The standard InChI is InChI=1S/C18H33BO5S/c1-4-6-7-8-9-10-11-12-25-18-17-16(23-19(5-2)24-17)15(22-18)13-21-14(3)20/h15-18H,4-13H2,1-3H3. The molecule has 0 saturated carbocycles. The topological polar surface area (TPSA) is 54.0 Å². The molecule has 2 aliphatic heterocycles. The van der Waals surface area contributed by atoms with Crippen molar-refractivity contribution in [3.8, 4) is 0 Å². The van der Waals surface area contributed by atoms with Gasteiger partial charge in [-0.2, -0.15) is 0 Å². The molecule has 2 aliphatic rings. The minimum atomic E-state index is -0.287. The SMILES string of the molecule is CCCCCCCCCSC1OC(COC(C)=O)C2OB(CC)OC12. The second-order valence-corrected chi connectivity index (χ2v) is 8.08. The molecule has 2 heterocycles. The van der Waals surface area contributed by atoms with Gasteiger partial charge in [0, 0.05) is 6.92 Å². The Morgan fingerprint density at radius 2 is 1.72 bits per heavy atom. The van der Waals surface area contributed by atoms with E-state index in [4.69, 9.17) is 18.8 Å². The van der Waals surface area contributed by atoms with E-state index < -0.39 is 0 Å². The first-order chi connectivity index (χ1) is 12.2. The highest BCUT2D eigenvalue weighted by atomic mass is 32.2. The van der Waals surface area contributed by atoms with E-state index in [9.17, 15) is 4.79 Å². The van der Waals surface area contributed by atoms with E-state index >= 15 is 0 Å². The highest BCUT2D eigenvalue weighted by molar-refractivity contribution is 7.99. The number of carbonyl (C=O) groups excluding carboxylic acids is 1. The number of fused-ring (bicyclic) bond motifs is 1. The Morgan fingerprint density at radius 1 is 1.04 bits per heavy atom. The number of ether oxygens (including phenoxy) is 2. The van der Waals surface area contributed by atoms with Gasteiger partial charge in [0.05, 0.1) is 0 Å². The van der Waals surface area contributed by atoms with Crippen LogP contribution in [0.2, 0.25) is 6.32 Å². The van der Waals surface area contributed by atoms with Crippen molar-refractivity contribution < 1.29 is 23.6 Å². The summed E-state index contributed by atoms with van der Waals surface area (Å²) < 4.78 is 23.1. The maximum atomic E-state index is 11.1. The molecule has 2 fully saturated rings. The zero-order valence-electron chi connectivity index (χ0n) is 15.9. The van der Waals surface area contributed by atoms with E-state index in [1.807, 2.05) is 18.7 Å². The summed E-state index contributed by atoms with van der Waals surface area (Å²) in [5, 5.41) is 0. The van der Waals surface area contributed by atoms with Gasteiger partial charge in [0.1, 0.15) is 30.4 Å². The molecule has 2 saturated heterocycles. The van der Waals surface area contributed by atoms with Crippen molar-refractivity contribution in [1.29, 1.82) is 0 Å². The van der Waals surface area contributed by atoms with Crippen LogP contribution in [-0.4, -0.2) is 49.2 Å². The fraction of sp³-hybridized carbons (Fsp3) is 0.944. The minimum Gasteiger partial charge on any atom is -0.463 e. The summed E-state index contributed by atoms with van der Waals surface area (Å²) in [5.74, 6) is 0.785. The summed E-state index contributed by atoms with van der Waals surface area (Å²) >= 11 is 1.81. The Balaban J connectivity index is 1.69. The van der Waals surface area contributed by atoms with Gasteiger partial charge in [-0.3, -0.25) is 4.79 Å². The van der Waals surface area contributed by atoms with Gasteiger partial charge in [0.2, 0.25) is 0 Å². The zero-order chi connectivity index (χ0) is 18.1. The molecule has 0 aromatic rings. The van der Waals surface area contributed by atoms with Crippen LogP contribution in [0.4, 0.5) is 0 Å². The lowest BCUT2D eigenvalue weighted by atomic mass is 9.87. The first-order valence-electron chi connectivity index (χ1n) is 9.87. The lowest BCUT2D eigenvalue weighted by Gasteiger charge is -2.18. The molecular weight excluding hydrogens is 339 g/mol. The van der Waals surface area contributed by atoms with Crippen LogP contribution in [0.5, 0.6) is 0 Å². The van der Waals surface area contributed by atoms with Crippen LogP contribution in [0, 0.1) is 0 Å². The Labute approximate surface area is 157 Å². The van der Waals surface area contributed by atoms with Gasteiger partial charge in [0.15, 0.2) is 0 Å². The monoisotopic (exact) mass is 372 g/mol. The zero-order valence-corrected chi connectivity index (χ0v) is 16.7. The molecule has 5 nitrogen and oxygen atoms in total. The lowest BCUT2D eigenvalue weighted by Crippen LogP contribution is -2.32. The smallest absolute Gasteiger partial charge is 0.457 e. The van der Waals surface area contributed by atoms with E-state index in [1.54, 1.807) is 0 Å². The minimum absolute atomic E-state index is 0.0257. The summed E-state index contributed by atoms with van der Waals surface area (Å²) in [6, 6.07) is 0. The van der Waals surface area contributed by atoms with Gasteiger partial charge >= 0.3 is 13.1 Å². The molecule has 0 aliphatic carbocycles. The van der Waals surface area contributed by atoms with Crippen molar-refractivity contribution in [3.63, 3.8) is 0 Å². The fourth-order valence-corrected chi connectivity index (χ4v) is 4.53. The molecule has 0 N–H and O–H groups in total. The van der Waals surface area contributed by atoms with Crippen LogP contribution >= 0.6 is 11.8 Å². The lowest BCUT2D eigenvalue weighted by molar-refractivity contribution is -0.145. The van der Waals surface area contributed by atoms with Gasteiger partial charge in [-0.1, -0.05) is 52.4 Å². The van der Waals surface area contributed by atoms with Gasteiger partial charge in [0.25, 0.3) is 0 Å². The first-order valence-corrected chi connectivity index (χ1v) is 10.9. The molecule has 144 valence electrons. The van der Waals surface area contributed by atoms with Crippen LogP contribution in [0.15, 0.2) is 0 Å². The summed E-state index contributed by atoms with van der Waals surface area (Å²) in [5.41, 5.74) is -0.0257. The predicted molar refractivity (Wildman–Crippen MR) is 102 cm³/mol. The molecule has 0 aromatic heterocycles. The maximum Gasteiger partial charge on any atom is 0.457 e. The highest BCUT2D eigenvalue weighted by Gasteiger charge is 2.53. The predicted octanol–water partition coefficient (Wildman–Crippen LogP) is 4.05. The molecule has 4 atom stereocenters. The highest BCUT2D eigenvalue weighted by Crippen LogP contribution is 2.38. The van der Waals surface area contributed by atoms with Crippen LogP contribution in [0.25, 0.3) is 0 Å². The van der Waals surface area contributed by atoms with Gasteiger partial charge in [-0.15, -0.1) is 11.8 Å². The van der Waals surface area contributed by atoms with Gasteiger partial charge < -0.3 is 18.8 Å². The normalized spacial score (nSPS) is 28.4. The van der Waals surface area contributed by atoms with Crippen LogP contribution in [0.3, 0.4) is 0 Å². The van der Waals surface area contributed by atoms with Crippen molar-refractivity contribution in [2.75, 3.05) is 12.4 Å². The number of esters is 1. The molecular formula is C18H33BO5S. The second kappa shape index (κ2) is 11.5. The van der Waals surface area contributed by atoms with E-state index in [0.717, 1.165) is 12.1 Å². The van der Waals surface area contributed by atoms with Gasteiger partial charge in [-0.05, 0) is 18.5 Å². The molecule has 0 amide bonds. The largest absolute Gasteiger partial charge is 0.463 e. The summed E-state index contributed by atoms with van der Waals surface area (Å²) in [6.07, 6.45) is 9.59. The fourth-order valence-electron chi connectivity index (χ4n) is 3.30. The Hall–Kier alpha value is -0.235. The number of rotatable bonds is 12. The third kappa shape index (κ3) is 6.77. The average molecular weight is 372 g/mol. The molecule has 0 aromatic carbocycles. The molecule has 4 unspecified atom stereocenters. The van der Waals surface area contributed by atoms with Crippen molar-refractivity contribution in [1.82, 2.24) is 0 Å². The quantitative estimate of drug-likeness (QED) is 0.293. The first kappa shape index (κ1) is 21.1.